The molecule has 0 aliphatic heterocycles. The van der Waals surface area contributed by atoms with E-state index in [1.165, 1.54) is 0 Å². The van der Waals surface area contributed by atoms with E-state index in [4.69, 9.17) is 21.4 Å². The molecule has 1 aliphatic carbocycles. The van der Waals surface area contributed by atoms with Crippen LogP contribution >= 0.6 is 11.6 Å². The van der Waals surface area contributed by atoms with E-state index in [1.807, 2.05) is 42.2 Å². The Kier molecular flexibility index (Phi) is 10.8. The molecular weight excluding hydrogens is 402 g/mol. The molecule has 0 aromatic heterocycles. The van der Waals surface area contributed by atoms with Crippen molar-refractivity contribution in [2.75, 3.05) is 13.7 Å². The molecule has 1 N–H and O–H groups in total. The highest BCUT2D eigenvalue weighted by Crippen LogP contribution is 2.33. The van der Waals surface area contributed by atoms with Crippen LogP contribution in [-0.4, -0.2) is 35.5 Å². The number of hydrogen-bond donors (Lipinski definition) is 1. The predicted molar refractivity (Wildman–Crippen MR) is 121 cm³/mol. The number of allylic oxidation sites excluding steroid dienone is 4. The second-order valence-electron chi connectivity index (χ2n) is 6.97. The van der Waals surface area contributed by atoms with Crippen LogP contribution in [0.25, 0.3) is 5.57 Å². The lowest BCUT2D eigenvalue weighted by Gasteiger charge is -2.23. The van der Waals surface area contributed by atoms with Crippen LogP contribution in [0.2, 0.25) is 0 Å². The van der Waals surface area contributed by atoms with Gasteiger partial charge in [0.2, 0.25) is 5.91 Å². The zero-order chi connectivity index (χ0) is 22.7. The molecule has 0 saturated heterocycles. The summed E-state index contributed by atoms with van der Waals surface area (Å²) in [6.45, 7) is 4.90. The minimum Gasteiger partial charge on any atom is -0.497 e. The molecule has 1 aliphatic rings. The minimum absolute atomic E-state index is 0.0409. The number of benzene rings is 1. The molecule has 0 spiro atoms. The lowest BCUT2D eigenvalue weighted by molar-refractivity contribution is -0.137. The number of halogens is 1. The summed E-state index contributed by atoms with van der Waals surface area (Å²) >= 11 is 6.13. The first kappa shape index (κ1) is 25.3. The van der Waals surface area contributed by atoms with E-state index >= 15 is 0 Å². The Labute approximate surface area is 184 Å². The van der Waals surface area contributed by atoms with Gasteiger partial charge >= 0.3 is 5.97 Å². The van der Waals surface area contributed by atoms with Crippen molar-refractivity contribution in [2.24, 2.45) is 5.92 Å². The van der Waals surface area contributed by atoms with Gasteiger partial charge in [0.05, 0.1) is 7.11 Å². The molecule has 1 fully saturated rings. The van der Waals surface area contributed by atoms with Crippen molar-refractivity contribution in [1.29, 1.82) is 0 Å². The number of methoxy groups -OCH3 is 1. The zero-order valence-corrected chi connectivity index (χ0v) is 18.6. The number of hydrogen-bond acceptors (Lipinski definition) is 3. The highest BCUT2D eigenvalue weighted by atomic mass is 35.5. The van der Waals surface area contributed by atoms with Crippen LogP contribution in [0, 0.1) is 18.8 Å². The van der Waals surface area contributed by atoms with Crippen LogP contribution in [0.3, 0.4) is 0 Å². The number of nitrogens with zero attached hydrogens (tertiary/aromatic N) is 1. The fourth-order valence-corrected chi connectivity index (χ4v) is 3.16. The fraction of sp³-hybridized carbons (Fsp3) is 0.417. The van der Waals surface area contributed by atoms with Gasteiger partial charge in [-0.1, -0.05) is 23.7 Å². The topological polar surface area (TPSA) is 66.8 Å². The normalized spacial score (nSPS) is 13.8. The maximum absolute atomic E-state index is 12.6. The molecule has 6 heteroatoms. The van der Waals surface area contributed by atoms with Crippen LogP contribution in [0.5, 0.6) is 5.75 Å². The molecule has 0 radical (unpaired) electrons. The first-order valence-corrected chi connectivity index (χ1v) is 10.3. The molecule has 1 saturated carbocycles. The van der Waals surface area contributed by atoms with Crippen LogP contribution in [0.1, 0.15) is 50.7 Å². The van der Waals surface area contributed by atoms with Crippen LogP contribution in [0.15, 0.2) is 35.4 Å². The number of carboxylic acid groups (broad SMARTS) is 1. The van der Waals surface area contributed by atoms with E-state index < -0.39 is 5.97 Å². The van der Waals surface area contributed by atoms with Crippen molar-refractivity contribution in [1.82, 2.24) is 4.90 Å². The van der Waals surface area contributed by atoms with E-state index in [-0.39, 0.29) is 18.2 Å². The van der Waals surface area contributed by atoms with Gasteiger partial charge in [-0.15, -0.1) is 12.8 Å². The third-order valence-electron chi connectivity index (χ3n) is 4.69. The SMILES string of the molecule is C#C.CCN(Cc1ccc(OC)cc1C(/C=C(\C)Cl)=C/CCC(=O)O)C(=O)C1CC1. The van der Waals surface area contributed by atoms with Gasteiger partial charge in [0.25, 0.3) is 0 Å². The molecule has 1 amide bonds. The van der Waals surface area contributed by atoms with Crippen molar-refractivity contribution in [2.45, 2.75) is 46.1 Å². The summed E-state index contributed by atoms with van der Waals surface area (Å²) in [4.78, 5) is 25.3. The summed E-state index contributed by atoms with van der Waals surface area (Å²) in [7, 11) is 1.60. The first-order chi connectivity index (χ1) is 14.3. The van der Waals surface area contributed by atoms with Crippen molar-refractivity contribution in [3.8, 4) is 18.6 Å². The molecule has 2 rings (SSSR count). The summed E-state index contributed by atoms with van der Waals surface area (Å²) in [5, 5.41) is 9.54. The maximum atomic E-state index is 12.6. The summed E-state index contributed by atoms with van der Waals surface area (Å²) in [6.07, 6.45) is 14.1. The molecule has 0 heterocycles. The Morgan fingerprint density at radius 1 is 1.33 bits per heavy atom. The number of aliphatic carboxylic acids is 1. The number of carbonyl (C=O) groups is 2. The maximum Gasteiger partial charge on any atom is 0.303 e. The molecule has 162 valence electrons. The second kappa shape index (κ2) is 12.8. The van der Waals surface area contributed by atoms with E-state index in [2.05, 4.69) is 12.8 Å². The molecule has 0 bridgehead atoms. The lowest BCUT2D eigenvalue weighted by atomic mass is 9.96. The number of carbonyl (C=O) groups excluding carboxylic acids is 1. The Hall–Kier alpha value is -2.71. The molecule has 30 heavy (non-hydrogen) atoms. The third-order valence-corrected chi connectivity index (χ3v) is 4.80. The third kappa shape index (κ3) is 7.96. The quantitative estimate of drug-likeness (QED) is 0.413. The number of terminal acetylenes is 1. The Bertz CT molecular complexity index is 818. The highest BCUT2D eigenvalue weighted by Gasteiger charge is 2.33. The number of carboxylic acids is 1. The Morgan fingerprint density at radius 3 is 2.50 bits per heavy atom. The van der Waals surface area contributed by atoms with E-state index in [0.29, 0.717) is 30.3 Å². The predicted octanol–water partition coefficient (Wildman–Crippen LogP) is 5.09. The van der Waals surface area contributed by atoms with Crippen molar-refractivity contribution in [3.05, 3.63) is 46.5 Å². The average molecular weight is 432 g/mol. The van der Waals surface area contributed by atoms with E-state index in [1.54, 1.807) is 14.0 Å². The van der Waals surface area contributed by atoms with Crippen molar-refractivity contribution in [3.63, 3.8) is 0 Å². The van der Waals surface area contributed by atoms with Crippen LogP contribution < -0.4 is 4.74 Å². The van der Waals surface area contributed by atoms with E-state index in [0.717, 1.165) is 29.5 Å². The van der Waals surface area contributed by atoms with Gasteiger partial charge in [-0.25, -0.2) is 0 Å². The average Bonchev–Trinajstić information content (AvgIpc) is 3.57. The van der Waals surface area contributed by atoms with Crippen LogP contribution in [-0.2, 0) is 16.1 Å². The van der Waals surface area contributed by atoms with Gasteiger partial charge in [-0.2, -0.15) is 0 Å². The number of rotatable bonds is 10. The lowest BCUT2D eigenvalue weighted by Crippen LogP contribution is -2.31. The summed E-state index contributed by atoms with van der Waals surface area (Å²) < 4.78 is 5.38. The van der Waals surface area contributed by atoms with Gasteiger partial charge < -0.3 is 14.7 Å². The molecule has 0 atom stereocenters. The summed E-state index contributed by atoms with van der Waals surface area (Å²) in [5.41, 5.74) is 2.71. The van der Waals surface area contributed by atoms with Crippen LogP contribution in [0.4, 0.5) is 0 Å². The summed E-state index contributed by atoms with van der Waals surface area (Å²) in [6, 6.07) is 5.74. The van der Waals surface area contributed by atoms with Crippen molar-refractivity contribution >= 4 is 29.1 Å². The second-order valence-corrected chi connectivity index (χ2v) is 7.57. The van der Waals surface area contributed by atoms with Gasteiger partial charge in [0, 0.05) is 30.5 Å². The Balaban J connectivity index is 0.00000218. The Morgan fingerprint density at radius 2 is 2.00 bits per heavy atom. The molecule has 1 aromatic carbocycles. The smallest absolute Gasteiger partial charge is 0.303 e. The van der Waals surface area contributed by atoms with Crippen molar-refractivity contribution < 1.29 is 19.4 Å². The molecule has 0 unspecified atom stereocenters. The number of amides is 1. The largest absolute Gasteiger partial charge is 0.497 e. The van der Waals surface area contributed by atoms with Gasteiger partial charge in [0.15, 0.2) is 0 Å². The summed E-state index contributed by atoms with van der Waals surface area (Å²) in [5.74, 6) is 0.210. The van der Waals surface area contributed by atoms with Gasteiger partial charge in [0.1, 0.15) is 5.75 Å². The zero-order valence-electron chi connectivity index (χ0n) is 17.9. The molecule has 5 nitrogen and oxygen atoms in total. The van der Waals surface area contributed by atoms with Gasteiger partial charge in [-0.05, 0) is 68.0 Å². The molecule has 1 aromatic rings. The monoisotopic (exact) mass is 431 g/mol. The fourth-order valence-electron chi connectivity index (χ4n) is 3.04. The van der Waals surface area contributed by atoms with E-state index in [9.17, 15) is 9.59 Å². The number of ether oxygens (including phenoxy) is 1. The standard InChI is InChI=1S/C22H28ClNO4.C2H2/c1-4-24(22(27)16-8-9-16)14-18-10-11-19(28-3)13-20(18)17(12-15(2)23)6-5-7-21(25)26;1-2/h6,10-13,16H,4-5,7-9,14H2,1-3H3,(H,25,26);1-2H/b15-12+,17-6+;. The first-order valence-electron chi connectivity index (χ1n) is 9.90. The minimum atomic E-state index is -0.847. The van der Waals surface area contributed by atoms with Gasteiger partial charge in [-0.3, -0.25) is 9.59 Å². The highest BCUT2D eigenvalue weighted by molar-refractivity contribution is 6.29. The molecular formula is C24H30ClNO4.